The minimum absolute atomic E-state index is 0.0484. The molecule has 1 aromatic carbocycles. The van der Waals surface area contributed by atoms with Gasteiger partial charge in [0.05, 0.1) is 0 Å². The first-order valence-electron chi connectivity index (χ1n) is 11.0. The van der Waals surface area contributed by atoms with Crippen LogP contribution in [0.25, 0.3) is 0 Å². The Labute approximate surface area is 181 Å². The lowest BCUT2D eigenvalue weighted by atomic mass is 10.1. The lowest BCUT2D eigenvalue weighted by molar-refractivity contribution is 0.0240. The number of carbonyl (C=O) groups is 2. The van der Waals surface area contributed by atoms with Crippen LogP contribution in [0, 0.1) is 0 Å². The topological polar surface area (TPSA) is 53.1 Å². The Morgan fingerprint density at radius 3 is 2.27 bits per heavy atom. The molecule has 6 nitrogen and oxygen atoms in total. The van der Waals surface area contributed by atoms with Gasteiger partial charge in [-0.25, -0.2) is 4.79 Å². The highest BCUT2D eigenvalue weighted by molar-refractivity contribution is 5.94. The van der Waals surface area contributed by atoms with Crippen molar-refractivity contribution in [2.24, 2.45) is 0 Å². The van der Waals surface area contributed by atoms with E-state index < -0.39 is 5.60 Å². The Balaban J connectivity index is 1.93. The van der Waals surface area contributed by atoms with Crippen LogP contribution in [-0.4, -0.2) is 66.7 Å². The maximum atomic E-state index is 12.9. The highest BCUT2D eigenvalue weighted by Gasteiger charge is 2.26. The number of unbranched alkanes of at least 4 members (excludes halogenated alkanes) is 2. The Bertz CT molecular complexity index is 701. The predicted molar refractivity (Wildman–Crippen MR) is 122 cm³/mol. The van der Waals surface area contributed by atoms with Crippen molar-refractivity contribution in [1.82, 2.24) is 9.80 Å². The van der Waals surface area contributed by atoms with Crippen molar-refractivity contribution in [1.29, 1.82) is 0 Å². The van der Waals surface area contributed by atoms with Crippen LogP contribution >= 0.6 is 0 Å². The van der Waals surface area contributed by atoms with E-state index in [0.29, 0.717) is 25.2 Å². The number of amides is 2. The molecule has 0 bridgehead atoms. The summed E-state index contributed by atoms with van der Waals surface area (Å²) in [7, 11) is 0. The van der Waals surface area contributed by atoms with Gasteiger partial charge in [0.2, 0.25) is 0 Å². The first-order valence-corrected chi connectivity index (χ1v) is 11.0. The molecule has 0 aliphatic carbocycles. The van der Waals surface area contributed by atoms with Gasteiger partial charge >= 0.3 is 6.09 Å². The summed E-state index contributed by atoms with van der Waals surface area (Å²) in [5.41, 5.74) is 1.29. The highest BCUT2D eigenvalue weighted by atomic mass is 16.6. The van der Waals surface area contributed by atoms with Gasteiger partial charge in [0.25, 0.3) is 5.91 Å². The van der Waals surface area contributed by atoms with Crippen LogP contribution in [0.3, 0.4) is 0 Å². The third kappa shape index (κ3) is 7.08. The van der Waals surface area contributed by atoms with Gasteiger partial charge in [0.15, 0.2) is 0 Å². The molecular weight excluding hydrogens is 378 g/mol. The number of benzene rings is 1. The summed E-state index contributed by atoms with van der Waals surface area (Å²) >= 11 is 0. The van der Waals surface area contributed by atoms with Crippen LogP contribution < -0.4 is 4.90 Å². The van der Waals surface area contributed by atoms with Crippen molar-refractivity contribution in [2.75, 3.05) is 44.2 Å². The van der Waals surface area contributed by atoms with Crippen molar-refractivity contribution in [2.45, 2.75) is 52.6 Å². The van der Waals surface area contributed by atoms with Crippen LogP contribution in [0.4, 0.5) is 10.5 Å². The van der Waals surface area contributed by atoms with Gasteiger partial charge in [0, 0.05) is 50.5 Å². The second kappa shape index (κ2) is 11.0. The smallest absolute Gasteiger partial charge is 0.410 e. The molecule has 0 radical (unpaired) electrons. The molecule has 30 heavy (non-hydrogen) atoms. The second-order valence-electron chi connectivity index (χ2n) is 8.75. The molecule has 1 aliphatic heterocycles. The molecule has 1 fully saturated rings. The van der Waals surface area contributed by atoms with Gasteiger partial charge in [-0.3, -0.25) is 4.79 Å². The SMILES string of the molecule is C=CCN(CCCCC)C(=O)c1ccc(N2CCN(C(=O)OC(C)(C)C)CC2)cc1. The summed E-state index contributed by atoms with van der Waals surface area (Å²) in [6.45, 7) is 15.6. The van der Waals surface area contributed by atoms with Crippen LogP contribution in [-0.2, 0) is 4.74 Å². The van der Waals surface area contributed by atoms with E-state index in [1.165, 1.54) is 0 Å². The summed E-state index contributed by atoms with van der Waals surface area (Å²) in [4.78, 5) is 30.9. The second-order valence-corrected chi connectivity index (χ2v) is 8.75. The molecule has 6 heteroatoms. The Morgan fingerprint density at radius 1 is 1.10 bits per heavy atom. The molecule has 166 valence electrons. The minimum atomic E-state index is -0.480. The number of piperazine rings is 1. The number of ether oxygens (including phenoxy) is 1. The molecule has 1 aliphatic rings. The molecule has 0 aromatic heterocycles. The lowest BCUT2D eigenvalue weighted by Gasteiger charge is -2.36. The monoisotopic (exact) mass is 415 g/mol. The van der Waals surface area contributed by atoms with E-state index in [1.54, 1.807) is 11.0 Å². The van der Waals surface area contributed by atoms with E-state index >= 15 is 0 Å². The molecule has 2 amide bonds. The van der Waals surface area contributed by atoms with Crippen LogP contribution in [0.5, 0.6) is 0 Å². The van der Waals surface area contributed by atoms with Gasteiger partial charge in [-0.05, 0) is 51.5 Å². The summed E-state index contributed by atoms with van der Waals surface area (Å²) in [6.07, 6.45) is 4.79. The average Bonchev–Trinajstić information content (AvgIpc) is 2.72. The number of anilines is 1. The molecule has 1 heterocycles. The third-order valence-electron chi connectivity index (χ3n) is 5.08. The van der Waals surface area contributed by atoms with Crippen molar-refractivity contribution < 1.29 is 14.3 Å². The maximum Gasteiger partial charge on any atom is 0.410 e. The molecule has 0 saturated carbocycles. The molecule has 0 spiro atoms. The molecule has 1 aromatic rings. The number of carbonyl (C=O) groups excluding carboxylic acids is 2. The van der Waals surface area contributed by atoms with E-state index in [0.717, 1.165) is 44.6 Å². The number of hydrogen-bond acceptors (Lipinski definition) is 4. The Morgan fingerprint density at radius 2 is 1.73 bits per heavy atom. The third-order valence-corrected chi connectivity index (χ3v) is 5.08. The summed E-state index contributed by atoms with van der Waals surface area (Å²) in [5.74, 6) is 0.0484. The van der Waals surface area contributed by atoms with Crippen molar-refractivity contribution >= 4 is 17.7 Å². The zero-order chi connectivity index (χ0) is 22.1. The predicted octanol–water partition coefficient (Wildman–Crippen LogP) is 4.56. The lowest BCUT2D eigenvalue weighted by Crippen LogP contribution is -2.50. The quantitative estimate of drug-likeness (QED) is 0.461. The summed E-state index contributed by atoms with van der Waals surface area (Å²) < 4.78 is 5.46. The van der Waals surface area contributed by atoms with Crippen molar-refractivity contribution in [3.05, 3.63) is 42.5 Å². The van der Waals surface area contributed by atoms with Gasteiger partial charge < -0.3 is 19.4 Å². The average molecular weight is 416 g/mol. The van der Waals surface area contributed by atoms with Crippen molar-refractivity contribution in [3.63, 3.8) is 0 Å². The molecule has 0 N–H and O–H groups in total. The molecular formula is C24H37N3O3. The summed E-state index contributed by atoms with van der Waals surface area (Å²) in [5, 5.41) is 0. The molecule has 1 saturated heterocycles. The van der Waals surface area contributed by atoms with Crippen LogP contribution in [0.2, 0.25) is 0 Å². The number of nitrogens with zero attached hydrogens (tertiary/aromatic N) is 3. The van der Waals surface area contributed by atoms with Crippen LogP contribution in [0.1, 0.15) is 57.3 Å². The zero-order valence-electron chi connectivity index (χ0n) is 19.0. The van der Waals surface area contributed by atoms with Gasteiger partial charge in [-0.1, -0.05) is 25.8 Å². The zero-order valence-corrected chi connectivity index (χ0v) is 19.0. The minimum Gasteiger partial charge on any atom is -0.444 e. The summed E-state index contributed by atoms with van der Waals surface area (Å²) in [6, 6.07) is 7.78. The molecule has 0 atom stereocenters. The van der Waals surface area contributed by atoms with Gasteiger partial charge in [0.1, 0.15) is 5.60 Å². The van der Waals surface area contributed by atoms with E-state index in [9.17, 15) is 9.59 Å². The fourth-order valence-corrected chi connectivity index (χ4v) is 3.46. The Hall–Kier alpha value is -2.50. The normalized spacial score (nSPS) is 14.4. The fourth-order valence-electron chi connectivity index (χ4n) is 3.46. The molecule has 0 unspecified atom stereocenters. The van der Waals surface area contributed by atoms with Crippen LogP contribution in [0.15, 0.2) is 36.9 Å². The number of rotatable bonds is 8. The first kappa shape index (κ1) is 23.8. The first-order chi connectivity index (χ1) is 14.2. The van der Waals surface area contributed by atoms with E-state index in [-0.39, 0.29) is 12.0 Å². The van der Waals surface area contributed by atoms with Gasteiger partial charge in [-0.15, -0.1) is 6.58 Å². The van der Waals surface area contributed by atoms with E-state index in [2.05, 4.69) is 18.4 Å². The number of hydrogen-bond donors (Lipinski definition) is 0. The standard InChI is InChI=1S/C24H37N3O3/c1-6-8-9-15-26(14-7-2)22(28)20-10-12-21(13-11-20)25-16-18-27(19-17-25)23(29)30-24(3,4)5/h7,10-13H,2,6,8-9,14-19H2,1,3-5H3. The highest BCUT2D eigenvalue weighted by Crippen LogP contribution is 2.20. The van der Waals surface area contributed by atoms with E-state index in [1.807, 2.05) is 49.9 Å². The van der Waals surface area contributed by atoms with Gasteiger partial charge in [-0.2, -0.15) is 0 Å². The fraction of sp³-hybridized carbons (Fsp3) is 0.583. The molecule has 2 rings (SSSR count). The Kier molecular flexibility index (Phi) is 8.75. The largest absolute Gasteiger partial charge is 0.444 e. The van der Waals surface area contributed by atoms with E-state index in [4.69, 9.17) is 4.74 Å². The van der Waals surface area contributed by atoms with Crippen molar-refractivity contribution in [3.8, 4) is 0 Å². The maximum absolute atomic E-state index is 12.9.